The second-order valence-electron chi connectivity index (χ2n) is 2.68. The highest BCUT2D eigenvalue weighted by Gasteiger charge is 1.95. The zero-order chi connectivity index (χ0) is 8.53. The Hall–Kier alpha value is -0.0900. The van der Waals surface area contributed by atoms with E-state index in [-0.39, 0.29) is 0 Å². The third kappa shape index (κ3) is 7.81. The van der Waals surface area contributed by atoms with Crippen molar-refractivity contribution in [1.29, 1.82) is 0 Å². The molecule has 11 heavy (non-hydrogen) atoms. The lowest BCUT2D eigenvalue weighted by atomic mass is 10.1. The van der Waals surface area contributed by atoms with E-state index >= 15 is 0 Å². The zero-order valence-electron chi connectivity index (χ0n) is 7.31. The van der Waals surface area contributed by atoms with Crippen LogP contribution in [-0.4, -0.2) is 11.5 Å². The fourth-order valence-corrected chi connectivity index (χ4v) is 1.56. The molecule has 0 bridgehead atoms. The van der Waals surface area contributed by atoms with Crippen molar-refractivity contribution in [3.63, 3.8) is 0 Å². The molecule has 0 aromatic carbocycles. The van der Waals surface area contributed by atoms with Crippen LogP contribution in [0.3, 0.4) is 0 Å². The average molecular weight is 169 g/mol. The van der Waals surface area contributed by atoms with Gasteiger partial charge in [-0.2, -0.15) is 11.8 Å². The van der Waals surface area contributed by atoms with Gasteiger partial charge in [0.25, 0.3) is 0 Å². The first-order valence-electron chi connectivity index (χ1n) is 4.14. The van der Waals surface area contributed by atoms with Crippen LogP contribution >= 0.6 is 11.8 Å². The molecule has 1 atom stereocenters. The van der Waals surface area contributed by atoms with E-state index in [9.17, 15) is 0 Å². The van der Waals surface area contributed by atoms with Crippen molar-refractivity contribution < 1.29 is 0 Å². The lowest BCUT2D eigenvalue weighted by Crippen LogP contribution is -1.91. The molecule has 0 fully saturated rings. The average Bonchev–Trinajstić information content (AvgIpc) is 2.04. The molecule has 1 radical (unpaired) electrons. The molecule has 63 valence electrons. The lowest BCUT2D eigenvalue weighted by Gasteiger charge is -2.02. The van der Waals surface area contributed by atoms with Crippen molar-refractivity contribution in [1.82, 2.24) is 0 Å². The largest absolute Gasteiger partial charge is 0.162 e. The number of thioether (sulfide) groups is 1. The second-order valence-corrected chi connectivity index (χ2v) is 3.90. The van der Waals surface area contributed by atoms with Crippen molar-refractivity contribution in [3.8, 4) is 12.3 Å². The first-order chi connectivity index (χ1) is 5.31. The van der Waals surface area contributed by atoms with E-state index in [4.69, 9.17) is 6.42 Å². The van der Waals surface area contributed by atoms with E-state index < -0.39 is 0 Å². The van der Waals surface area contributed by atoms with Gasteiger partial charge in [0, 0.05) is 5.92 Å². The summed E-state index contributed by atoms with van der Waals surface area (Å²) in [6.07, 6.45) is 8.70. The van der Waals surface area contributed by atoms with E-state index in [1.54, 1.807) is 0 Å². The Morgan fingerprint density at radius 1 is 1.55 bits per heavy atom. The van der Waals surface area contributed by atoms with Crippen molar-refractivity contribution in [2.75, 3.05) is 11.5 Å². The Bertz CT molecular complexity index is 113. The van der Waals surface area contributed by atoms with Gasteiger partial charge in [-0.05, 0) is 30.8 Å². The molecule has 1 heteroatoms. The standard InChI is InChI=1S/C10H17S/c1-4-8-11-9-6-7-10(3)5-2/h2,10H,1,4,6-9H2,3H3. The summed E-state index contributed by atoms with van der Waals surface area (Å²) in [6, 6.07) is 0. The molecule has 1 unspecified atom stereocenters. The van der Waals surface area contributed by atoms with E-state index in [1.807, 2.05) is 11.8 Å². The van der Waals surface area contributed by atoms with Gasteiger partial charge >= 0.3 is 0 Å². The van der Waals surface area contributed by atoms with Gasteiger partial charge in [0.15, 0.2) is 0 Å². The minimum Gasteiger partial charge on any atom is -0.162 e. The summed E-state index contributed by atoms with van der Waals surface area (Å²) < 4.78 is 0. The molecular weight excluding hydrogens is 152 g/mol. The third-order valence-electron chi connectivity index (χ3n) is 1.50. The SMILES string of the molecule is C#CC(C)CCCSCC[CH2]. The van der Waals surface area contributed by atoms with Crippen LogP contribution in [0.2, 0.25) is 0 Å². The minimum absolute atomic E-state index is 0.454. The molecule has 0 aliphatic carbocycles. The van der Waals surface area contributed by atoms with Crippen molar-refractivity contribution >= 4 is 11.8 Å². The molecule has 0 spiro atoms. The van der Waals surface area contributed by atoms with Crippen molar-refractivity contribution in [2.24, 2.45) is 5.92 Å². The molecule has 0 heterocycles. The van der Waals surface area contributed by atoms with Crippen LogP contribution in [0, 0.1) is 25.2 Å². The number of hydrogen-bond acceptors (Lipinski definition) is 1. The molecule has 0 aliphatic rings. The van der Waals surface area contributed by atoms with Gasteiger partial charge in [-0.15, -0.1) is 12.3 Å². The first-order valence-corrected chi connectivity index (χ1v) is 5.29. The van der Waals surface area contributed by atoms with Crippen LogP contribution in [0.4, 0.5) is 0 Å². The Balaban J connectivity index is 2.97. The van der Waals surface area contributed by atoms with Crippen molar-refractivity contribution in [2.45, 2.75) is 26.2 Å². The molecular formula is C10H17S. The number of terminal acetylenes is 1. The maximum absolute atomic E-state index is 5.25. The normalized spacial score (nSPS) is 12.5. The summed E-state index contributed by atoms with van der Waals surface area (Å²) in [5, 5.41) is 0. The van der Waals surface area contributed by atoms with Gasteiger partial charge in [0.1, 0.15) is 0 Å². The van der Waals surface area contributed by atoms with E-state index in [1.165, 1.54) is 24.3 Å². The minimum atomic E-state index is 0.454. The number of hydrogen-bond donors (Lipinski definition) is 0. The lowest BCUT2D eigenvalue weighted by molar-refractivity contribution is 0.658. The summed E-state index contributed by atoms with van der Waals surface area (Å²) in [5.41, 5.74) is 0. The Morgan fingerprint density at radius 2 is 2.27 bits per heavy atom. The smallest absolute Gasteiger partial charge is 0.0172 e. The molecule has 0 aliphatic heterocycles. The van der Waals surface area contributed by atoms with Crippen LogP contribution in [0.15, 0.2) is 0 Å². The highest BCUT2D eigenvalue weighted by atomic mass is 32.2. The highest BCUT2D eigenvalue weighted by Crippen LogP contribution is 2.09. The quantitative estimate of drug-likeness (QED) is 0.435. The van der Waals surface area contributed by atoms with Crippen LogP contribution in [0.25, 0.3) is 0 Å². The summed E-state index contributed by atoms with van der Waals surface area (Å²) >= 11 is 1.97. The van der Waals surface area contributed by atoms with Crippen LogP contribution in [0.5, 0.6) is 0 Å². The molecule has 0 nitrogen and oxygen atoms in total. The van der Waals surface area contributed by atoms with Gasteiger partial charge in [0.05, 0.1) is 0 Å². The fraction of sp³-hybridized carbons (Fsp3) is 0.700. The number of rotatable bonds is 6. The molecule has 0 aromatic rings. The van der Waals surface area contributed by atoms with Crippen LogP contribution in [0.1, 0.15) is 26.2 Å². The molecule has 0 saturated carbocycles. The molecule has 0 amide bonds. The van der Waals surface area contributed by atoms with Crippen LogP contribution < -0.4 is 0 Å². The van der Waals surface area contributed by atoms with Gasteiger partial charge in [0.2, 0.25) is 0 Å². The Kier molecular flexibility index (Phi) is 7.95. The van der Waals surface area contributed by atoms with E-state index in [0.29, 0.717) is 5.92 Å². The molecule has 0 saturated heterocycles. The molecule has 0 N–H and O–H groups in total. The zero-order valence-corrected chi connectivity index (χ0v) is 8.12. The van der Waals surface area contributed by atoms with Crippen molar-refractivity contribution in [3.05, 3.63) is 6.92 Å². The summed E-state index contributed by atoms with van der Waals surface area (Å²) in [4.78, 5) is 0. The topological polar surface area (TPSA) is 0 Å². The Labute approximate surface area is 75.1 Å². The van der Waals surface area contributed by atoms with Gasteiger partial charge in [-0.1, -0.05) is 13.8 Å². The van der Waals surface area contributed by atoms with E-state index in [2.05, 4.69) is 19.8 Å². The summed E-state index contributed by atoms with van der Waals surface area (Å²) in [5.74, 6) is 5.61. The second kappa shape index (κ2) is 8.01. The van der Waals surface area contributed by atoms with Crippen LogP contribution in [-0.2, 0) is 0 Å². The molecule has 0 aromatic heterocycles. The predicted molar refractivity (Wildman–Crippen MR) is 54.5 cm³/mol. The van der Waals surface area contributed by atoms with E-state index in [0.717, 1.165) is 6.42 Å². The van der Waals surface area contributed by atoms with Gasteiger partial charge < -0.3 is 0 Å². The predicted octanol–water partition coefficient (Wildman–Crippen LogP) is 2.99. The maximum atomic E-state index is 5.25. The maximum Gasteiger partial charge on any atom is 0.0172 e. The third-order valence-corrected chi connectivity index (χ3v) is 2.65. The fourth-order valence-electron chi connectivity index (χ4n) is 0.779. The van der Waals surface area contributed by atoms with Gasteiger partial charge in [-0.25, -0.2) is 0 Å². The first kappa shape index (κ1) is 10.9. The molecule has 0 rings (SSSR count). The summed E-state index contributed by atoms with van der Waals surface area (Å²) in [6.45, 7) is 5.88. The summed E-state index contributed by atoms with van der Waals surface area (Å²) in [7, 11) is 0. The monoisotopic (exact) mass is 169 g/mol. The van der Waals surface area contributed by atoms with Gasteiger partial charge in [-0.3, -0.25) is 0 Å². The Morgan fingerprint density at radius 3 is 2.82 bits per heavy atom. The highest BCUT2D eigenvalue weighted by molar-refractivity contribution is 7.99.